The van der Waals surface area contributed by atoms with Gasteiger partial charge in [0, 0.05) is 11.6 Å². The maximum Gasteiger partial charge on any atom is 0.267 e. The average Bonchev–Trinajstić information content (AvgIpc) is 2.27. The van der Waals surface area contributed by atoms with E-state index in [1.165, 1.54) is 5.56 Å². The molecule has 0 saturated carbocycles. The van der Waals surface area contributed by atoms with Crippen molar-refractivity contribution in [2.75, 3.05) is 0 Å². The summed E-state index contributed by atoms with van der Waals surface area (Å²) in [7, 11) is 0. The van der Waals surface area contributed by atoms with E-state index in [1.807, 2.05) is 6.07 Å². The number of pyridine rings is 1. The Labute approximate surface area is 94.3 Å². The van der Waals surface area contributed by atoms with Crippen LogP contribution in [0, 0.1) is 0 Å². The van der Waals surface area contributed by atoms with Crippen LogP contribution in [0.4, 0.5) is 0 Å². The van der Waals surface area contributed by atoms with E-state index >= 15 is 0 Å². The molecule has 0 fully saturated rings. The van der Waals surface area contributed by atoms with Crippen LogP contribution in [0.1, 0.15) is 35.8 Å². The fourth-order valence-electron chi connectivity index (χ4n) is 1.65. The molecule has 1 aromatic heterocycles. The molecule has 82 valence electrons. The third-order valence-electron chi connectivity index (χ3n) is 2.66. The van der Waals surface area contributed by atoms with Crippen molar-refractivity contribution >= 4 is 16.7 Å². The lowest BCUT2D eigenvalue weighted by atomic mass is 10.00. The number of primary amides is 1. The zero-order valence-electron chi connectivity index (χ0n) is 9.40. The minimum absolute atomic E-state index is 0.310. The van der Waals surface area contributed by atoms with Gasteiger partial charge in [0.2, 0.25) is 0 Å². The first-order valence-corrected chi connectivity index (χ1v) is 5.27. The normalized spacial score (nSPS) is 10.9. The number of rotatable bonds is 2. The summed E-state index contributed by atoms with van der Waals surface area (Å²) in [5, 5.41) is 2.03. The van der Waals surface area contributed by atoms with Crippen LogP contribution >= 0.6 is 0 Å². The molecule has 0 aliphatic rings. The van der Waals surface area contributed by atoms with Crippen LogP contribution in [0.25, 0.3) is 10.8 Å². The first-order chi connectivity index (χ1) is 7.58. The molecule has 0 bridgehead atoms. The molecule has 0 unspecified atom stereocenters. The molecule has 1 aromatic carbocycles. The van der Waals surface area contributed by atoms with E-state index in [9.17, 15) is 4.79 Å². The van der Waals surface area contributed by atoms with Crippen molar-refractivity contribution in [3.8, 4) is 0 Å². The standard InChI is InChI=1S/C13H14N2O/c1-8(2)9-3-4-10-6-12(13(14)16)15-7-11(10)5-9/h3-8H,1-2H3,(H2,14,16). The summed E-state index contributed by atoms with van der Waals surface area (Å²) in [4.78, 5) is 15.0. The van der Waals surface area contributed by atoms with E-state index < -0.39 is 5.91 Å². The summed E-state index contributed by atoms with van der Waals surface area (Å²) in [5.41, 5.74) is 6.76. The van der Waals surface area contributed by atoms with Crippen molar-refractivity contribution in [3.05, 3.63) is 41.7 Å². The van der Waals surface area contributed by atoms with Gasteiger partial charge in [0.15, 0.2) is 0 Å². The molecular formula is C13H14N2O. The number of nitrogens with two attached hydrogens (primary N) is 1. The minimum Gasteiger partial charge on any atom is -0.364 e. The Bertz CT molecular complexity index is 547. The van der Waals surface area contributed by atoms with Gasteiger partial charge in [-0.3, -0.25) is 9.78 Å². The summed E-state index contributed by atoms with van der Waals surface area (Å²) in [6.07, 6.45) is 1.70. The number of aromatic nitrogens is 1. The lowest BCUT2D eigenvalue weighted by Gasteiger charge is -2.07. The van der Waals surface area contributed by atoms with E-state index in [4.69, 9.17) is 5.73 Å². The first kappa shape index (κ1) is 10.6. The highest BCUT2D eigenvalue weighted by molar-refractivity contribution is 5.95. The Morgan fingerprint density at radius 1 is 1.25 bits per heavy atom. The molecule has 3 nitrogen and oxygen atoms in total. The van der Waals surface area contributed by atoms with Gasteiger partial charge in [-0.05, 0) is 29.0 Å². The van der Waals surface area contributed by atoms with Crippen LogP contribution in [0.5, 0.6) is 0 Å². The number of carbonyl (C=O) groups is 1. The molecule has 0 saturated heterocycles. The SMILES string of the molecule is CC(C)c1ccc2cc(C(N)=O)ncc2c1. The molecule has 0 atom stereocenters. The van der Waals surface area contributed by atoms with Crippen molar-refractivity contribution in [3.63, 3.8) is 0 Å². The van der Waals surface area contributed by atoms with Gasteiger partial charge >= 0.3 is 0 Å². The van der Waals surface area contributed by atoms with Crippen molar-refractivity contribution in [1.82, 2.24) is 4.98 Å². The fraction of sp³-hybridized carbons (Fsp3) is 0.231. The summed E-state index contributed by atoms with van der Waals surface area (Å²) in [6.45, 7) is 4.29. The molecular weight excluding hydrogens is 200 g/mol. The Hall–Kier alpha value is -1.90. The largest absolute Gasteiger partial charge is 0.364 e. The Morgan fingerprint density at radius 2 is 2.00 bits per heavy atom. The first-order valence-electron chi connectivity index (χ1n) is 5.27. The topological polar surface area (TPSA) is 56.0 Å². The smallest absolute Gasteiger partial charge is 0.267 e. The quantitative estimate of drug-likeness (QED) is 0.834. The van der Waals surface area contributed by atoms with E-state index in [0.717, 1.165) is 10.8 Å². The zero-order chi connectivity index (χ0) is 11.7. The molecule has 2 rings (SSSR count). The Morgan fingerprint density at radius 3 is 2.62 bits per heavy atom. The van der Waals surface area contributed by atoms with Crippen molar-refractivity contribution in [1.29, 1.82) is 0 Å². The number of fused-ring (bicyclic) bond motifs is 1. The van der Waals surface area contributed by atoms with Crippen LogP contribution in [0.3, 0.4) is 0 Å². The highest BCUT2D eigenvalue weighted by atomic mass is 16.1. The van der Waals surface area contributed by atoms with E-state index in [1.54, 1.807) is 12.3 Å². The summed E-state index contributed by atoms with van der Waals surface area (Å²) >= 11 is 0. The van der Waals surface area contributed by atoms with Crippen molar-refractivity contribution < 1.29 is 4.79 Å². The lowest BCUT2D eigenvalue weighted by Crippen LogP contribution is -2.12. The monoisotopic (exact) mass is 214 g/mol. The predicted octanol–water partition coefficient (Wildman–Crippen LogP) is 2.46. The summed E-state index contributed by atoms with van der Waals surface area (Å²) < 4.78 is 0. The van der Waals surface area contributed by atoms with Gasteiger partial charge in [-0.25, -0.2) is 0 Å². The Kier molecular flexibility index (Phi) is 2.60. The number of benzene rings is 1. The maximum absolute atomic E-state index is 11.0. The van der Waals surface area contributed by atoms with Gasteiger partial charge in [-0.1, -0.05) is 26.0 Å². The van der Waals surface area contributed by atoms with Crippen molar-refractivity contribution in [2.24, 2.45) is 5.73 Å². The lowest BCUT2D eigenvalue weighted by molar-refractivity contribution is 0.0996. The molecule has 0 spiro atoms. The molecule has 0 aliphatic carbocycles. The number of hydrogen-bond donors (Lipinski definition) is 1. The highest BCUT2D eigenvalue weighted by Gasteiger charge is 2.05. The Balaban J connectivity index is 2.57. The zero-order valence-corrected chi connectivity index (χ0v) is 9.40. The van der Waals surface area contributed by atoms with Gasteiger partial charge in [0.1, 0.15) is 5.69 Å². The third kappa shape index (κ3) is 1.89. The average molecular weight is 214 g/mol. The second-order valence-corrected chi connectivity index (χ2v) is 4.20. The molecule has 1 amide bonds. The van der Waals surface area contributed by atoms with Gasteiger partial charge in [0.05, 0.1) is 0 Å². The predicted molar refractivity (Wildman–Crippen MR) is 64.3 cm³/mol. The number of hydrogen-bond acceptors (Lipinski definition) is 2. The second-order valence-electron chi connectivity index (χ2n) is 4.20. The number of nitrogens with zero attached hydrogens (tertiary/aromatic N) is 1. The fourth-order valence-corrected chi connectivity index (χ4v) is 1.65. The molecule has 2 aromatic rings. The molecule has 16 heavy (non-hydrogen) atoms. The van der Waals surface area contributed by atoms with Crippen LogP contribution in [0.15, 0.2) is 30.5 Å². The van der Waals surface area contributed by atoms with Crippen LogP contribution in [-0.2, 0) is 0 Å². The summed E-state index contributed by atoms with van der Waals surface area (Å²) in [6, 6.07) is 7.89. The van der Waals surface area contributed by atoms with Gasteiger partial charge in [-0.2, -0.15) is 0 Å². The van der Waals surface area contributed by atoms with Gasteiger partial charge < -0.3 is 5.73 Å². The summed E-state index contributed by atoms with van der Waals surface area (Å²) in [5.74, 6) is -0.00458. The molecule has 0 aliphatic heterocycles. The number of carbonyl (C=O) groups excluding carboxylic acids is 1. The number of amides is 1. The molecule has 2 N–H and O–H groups in total. The van der Waals surface area contributed by atoms with Crippen LogP contribution < -0.4 is 5.73 Å². The van der Waals surface area contributed by atoms with Crippen molar-refractivity contribution in [2.45, 2.75) is 19.8 Å². The van der Waals surface area contributed by atoms with Crippen LogP contribution in [0.2, 0.25) is 0 Å². The molecule has 1 heterocycles. The van der Waals surface area contributed by atoms with Crippen LogP contribution in [-0.4, -0.2) is 10.9 Å². The van der Waals surface area contributed by atoms with Gasteiger partial charge in [-0.15, -0.1) is 0 Å². The van der Waals surface area contributed by atoms with Gasteiger partial charge in [0.25, 0.3) is 5.91 Å². The highest BCUT2D eigenvalue weighted by Crippen LogP contribution is 2.21. The maximum atomic E-state index is 11.0. The third-order valence-corrected chi connectivity index (χ3v) is 2.66. The van der Waals surface area contributed by atoms with E-state index in [-0.39, 0.29) is 0 Å². The molecule has 0 radical (unpaired) electrons. The van der Waals surface area contributed by atoms with E-state index in [0.29, 0.717) is 11.6 Å². The van der Waals surface area contributed by atoms with E-state index in [2.05, 4.69) is 31.0 Å². The minimum atomic E-state index is -0.491. The second kappa shape index (κ2) is 3.93. The molecule has 3 heteroatoms.